The van der Waals surface area contributed by atoms with Crippen molar-refractivity contribution in [2.75, 3.05) is 5.01 Å². The number of nitrogens with zero attached hydrogens (tertiary/aromatic N) is 4. The molecule has 2 aromatic rings. The predicted molar refractivity (Wildman–Crippen MR) is 107 cm³/mol. The predicted octanol–water partition coefficient (Wildman–Crippen LogP) is 5.29. The third kappa shape index (κ3) is 2.94. The summed E-state index contributed by atoms with van der Waals surface area (Å²) in [5.41, 5.74) is 0.954. The van der Waals surface area contributed by atoms with Crippen molar-refractivity contribution in [2.45, 2.75) is 25.3 Å². The molecule has 0 saturated heterocycles. The minimum Gasteiger partial charge on any atom is -0.454 e. The first kappa shape index (κ1) is 17.8. The number of para-hydroxylation sites is 1. The lowest BCUT2D eigenvalue weighted by atomic mass is 9.91. The van der Waals surface area contributed by atoms with E-state index in [2.05, 4.69) is 9.98 Å². The average Bonchev–Trinajstić information content (AvgIpc) is 3.13. The van der Waals surface area contributed by atoms with Crippen LogP contribution in [0.4, 0.5) is 14.5 Å². The van der Waals surface area contributed by atoms with Gasteiger partial charge in [-0.25, -0.2) is 18.8 Å². The van der Waals surface area contributed by atoms with Crippen LogP contribution in [-0.2, 0) is 0 Å². The zero-order valence-corrected chi connectivity index (χ0v) is 15.6. The molecule has 1 aliphatic carbocycles. The van der Waals surface area contributed by atoms with Crippen LogP contribution in [0.2, 0.25) is 0 Å². The van der Waals surface area contributed by atoms with Crippen LogP contribution < -0.4 is 9.75 Å². The van der Waals surface area contributed by atoms with E-state index in [1.54, 1.807) is 49.2 Å². The van der Waals surface area contributed by atoms with Gasteiger partial charge in [0.05, 0.1) is 24.7 Å². The van der Waals surface area contributed by atoms with E-state index in [1.807, 2.05) is 17.3 Å². The molecule has 1 saturated carbocycles. The van der Waals surface area contributed by atoms with E-state index in [-0.39, 0.29) is 22.1 Å². The fourth-order valence-corrected chi connectivity index (χ4v) is 3.80. The van der Waals surface area contributed by atoms with Crippen molar-refractivity contribution in [3.8, 4) is 11.5 Å². The van der Waals surface area contributed by atoms with Crippen LogP contribution in [0.15, 0.2) is 76.7 Å². The average molecular weight is 393 g/mol. The SMILES string of the molecule is Fc1cc(N(C2CCC2)[N+]23C=CN=CC2=CN=C3)c(F)cc1Oc1ccccc1. The first-order chi connectivity index (χ1) is 14.2. The van der Waals surface area contributed by atoms with E-state index in [9.17, 15) is 4.39 Å². The summed E-state index contributed by atoms with van der Waals surface area (Å²) in [5.74, 6) is -0.868. The second-order valence-electron chi connectivity index (χ2n) is 7.21. The Bertz CT molecular complexity index is 1060. The van der Waals surface area contributed by atoms with Crippen LogP contribution in [-0.4, -0.2) is 23.2 Å². The van der Waals surface area contributed by atoms with Gasteiger partial charge in [0.2, 0.25) is 12.0 Å². The van der Waals surface area contributed by atoms with E-state index in [0.29, 0.717) is 5.75 Å². The number of allylic oxidation sites excluding steroid dienone is 1. The summed E-state index contributed by atoms with van der Waals surface area (Å²) in [5, 5.41) is 1.87. The van der Waals surface area contributed by atoms with Crippen molar-refractivity contribution in [2.24, 2.45) is 9.98 Å². The topological polar surface area (TPSA) is 37.2 Å². The monoisotopic (exact) mass is 393 g/mol. The van der Waals surface area contributed by atoms with Crippen molar-refractivity contribution in [3.63, 3.8) is 0 Å². The van der Waals surface area contributed by atoms with Gasteiger partial charge in [-0.1, -0.05) is 18.2 Å². The molecule has 3 aliphatic rings. The fourth-order valence-electron chi connectivity index (χ4n) is 3.80. The maximum atomic E-state index is 15.3. The smallest absolute Gasteiger partial charge is 0.225 e. The molecular weight excluding hydrogens is 374 g/mol. The van der Waals surface area contributed by atoms with Crippen molar-refractivity contribution in [1.29, 1.82) is 0 Å². The number of quaternary nitrogens is 1. The Morgan fingerprint density at radius 1 is 1.03 bits per heavy atom. The third-order valence-electron chi connectivity index (χ3n) is 5.45. The highest BCUT2D eigenvalue weighted by molar-refractivity contribution is 5.82. The number of hydrogen-bond acceptors (Lipinski definition) is 4. The van der Waals surface area contributed by atoms with E-state index in [0.717, 1.165) is 31.0 Å². The molecule has 0 amide bonds. The summed E-state index contributed by atoms with van der Waals surface area (Å²) in [7, 11) is 0. The van der Waals surface area contributed by atoms with Crippen LogP contribution >= 0.6 is 0 Å². The minimum absolute atomic E-state index is 0.0638. The number of halogens is 2. The molecule has 5 rings (SSSR count). The summed E-state index contributed by atoms with van der Waals surface area (Å²) in [6.45, 7) is 0. The first-order valence-corrected chi connectivity index (χ1v) is 9.53. The summed E-state index contributed by atoms with van der Waals surface area (Å²) < 4.78 is 35.9. The van der Waals surface area contributed by atoms with Gasteiger partial charge < -0.3 is 4.74 Å². The Morgan fingerprint density at radius 2 is 1.86 bits per heavy atom. The number of hydrogen-bond donors (Lipinski definition) is 0. The van der Waals surface area contributed by atoms with Gasteiger partial charge in [0, 0.05) is 12.1 Å². The molecule has 0 spiro atoms. The van der Waals surface area contributed by atoms with Gasteiger partial charge in [-0.15, -0.1) is 4.59 Å². The molecule has 146 valence electrons. The molecule has 0 N–H and O–H groups in total. The largest absolute Gasteiger partial charge is 0.454 e. The number of aliphatic imine (C=N–C) groups is 2. The third-order valence-corrected chi connectivity index (χ3v) is 5.45. The van der Waals surface area contributed by atoms with Crippen LogP contribution in [0.25, 0.3) is 0 Å². The molecule has 0 aromatic heterocycles. The maximum Gasteiger partial charge on any atom is 0.225 e. The summed E-state index contributed by atoms with van der Waals surface area (Å²) >= 11 is 0. The normalized spacial score (nSPS) is 22.2. The molecule has 2 aromatic carbocycles. The second-order valence-corrected chi connectivity index (χ2v) is 7.21. The number of ether oxygens (including phenoxy) is 1. The molecule has 2 aliphatic heterocycles. The standard InChI is InChI=1S/C22H19F2N4O/c23-19-12-22(29-18-7-2-1-3-8-18)20(24)11-21(19)27(16-5-4-6-16)28-10-9-25-13-17(28)14-26-15-28/h1-3,7-16H,4-6H2/q+1. The Hall–Kier alpha value is -3.32. The molecule has 1 unspecified atom stereocenters. The highest BCUT2D eigenvalue weighted by atomic mass is 19.1. The van der Waals surface area contributed by atoms with Gasteiger partial charge in [-0.2, -0.15) is 0 Å². The van der Waals surface area contributed by atoms with Gasteiger partial charge in [0.25, 0.3) is 0 Å². The molecule has 29 heavy (non-hydrogen) atoms. The van der Waals surface area contributed by atoms with E-state index >= 15 is 4.39 Å². The van der Waals surface area contributed by atoms with E-state index in [1.165, 1.54) is 6.07 Å². The fraction of sp³-hybridized carbons (Fsp3) is 0.182. The van der Waals surface area contributed by atoms with Crippen LogP contribution in [0.1, 0.15) is 19.3 Å². The lowest BCUT2D eigenvalue weighted by molar-refractivity contribution is -0.746. The zero-order chi connectivity index (χ0) is 19.8. The molecule has 1 fully saturated rings. The molecule has 0 bridgehead atoms. The van der Waals surface area contributed by atoms with E-state index < -0.39 is 11.6 Å². The quantitative estimate of drug-likeness (QED) is 0.648. The number of rotatable bonds is 5. The van der Waals surface area contributed by atoms with Crippen molar-refractivity contribution in [1.82, 2.24) is 0 Å². The van der Waals surface area contributed by atoms with Crippen LogP contribution in [0, 0.1) is 11.6 Å². The Balaban J connectivity index is 1.56. The summed E-state index contributed by atoms with van der Waals surface area (Å²) in [6, 6.07) is 11.2. The van der Waals surface area contributed by atoms with E-state index in [4.69, 9.17) is 4.74 Å². The summed E-state index contributed by atoms with van der Waals surface area (Å²) in [6.07, 6.45) is 11.4. The lowest BCUT2D eigenvalue weighted by Gasteiger charge is -2.46. The molecular formula is C22H19F2N4O+. The zero-order valence-electron chi connectivity index (χ0n) is 15.6. The van der Waals surface area contributed by atoms with Gasteiger partial charge in [-0.05, 0) is 31.4 Å². The van der Waals surface area contributed by atoms with Gasteiger partial charge in [0.15, 0.2) is 23.6 Å². The minimum atomic E-state index is -0.621. The molecule has 2 heterocycles. The second kappa shape index (κ2) is 6.93. The highest BCUT2D eigenvalue weighted by Crippen LogP contribution is 2.41. The number of benzene rings is 2. The molecule has 7 heteroatoms. The number of anilines is 1. The first-order valence-electron chi connectivity index (χ1n) is 9.53. The van der Waals surface area contributed by atoms with Crippen molar-refractivity contribution in [3.05, 3.63) is 78.4 Å². The van der Waals surface area contributed by atoms with Crippen LogP contribution in [0.3, 0.4) is 0 Å². The van der Waals surface area contributed by atoms with Crippen molar-refractivity contribution >= 4 is 18.2 Å². The Morgan fingerprint density at radius 3 is 2.62 bits per heavy atom. The Labute approximate surface area is 167 Å². The van der Waals surface area contributed by atoms with Gasteiger partial charge in [-0.3, -0.25) is 4.99 Å². The maximum absolute atomic E-state index is 15.3. The van der Waals surface area contributed by atoms with Crippen molar-refractivity contribution < 1.29 is 18.1 Å². The van der Waals surface area contributed by atoms with Gasteiger partial charge >= 0.3 is 0 Å². The molecule has 0 radical (unpaired) electrons. The van der Waals surface area contributed by atoms with Gasteiger partial charge in [0.1, 0.15) is 11.4 Å². The molecule has 5 nitrogen and oxygen atoms in total. The highest BCUT2D eigenvalue weighted by Gasteiger charge is 2.47. The Kier molecular flexibility index (Phi) is 4.24. The van der Waals surface area contributed by atoms with Crippen LogP contribution in [0.5, 0.6) is 11.5 Å². The molecule has 1 atom stereocenters. The lowest BCUT2D eigenvalue weighted by Crippen LogP contribution is -2.61. The summed E-state index contributed by atoms with van der Waals surface area (Å²) in [4.78, 5) is 8.43. The number of fused-ring (bicyclic) bond motifs is 1.